The quantitative estimate of drug-likeness (QED) is 0.565. The van der Waals surface area contributed by atoms with Crippen molar-refractivity contribution < 1.29 is 19.1 Å². The number of rotatable bonds is 5. The molecule has 0 aliphatic carbocycles. The molecular weight excluding hydrogens is 378 g/mol. The van der Waals surface area contributed by atoms with Crippen LogP contribution in [0.3, 0.4) is 0 Å². The van der Waals surface area contributed by atoms with Crippen LogP contribution in [0.5, 0.6) is 5.75 Å². The van der Waals surface area contributed by atoms with Gasteiger partial charge in [0.15, 0.2) is 0 Å². The Morgan fingerprint density at radius 1 is 1.29 bits per heavy atom. The maximum absolute atomic E-state index is 12.9. The van der Waals surface area contributed by atoms with E-state index in [-0.39, 0.29) is 12.5 Å². The van der Waals surface area contributed by atoms with Gasteiger partial charge >= 0.3 is 5.97 Å². The van der Waals surface area contributed by atoms with Crippen molar-refractivity contribution in [2.24, 2.45) is 5.10 Å². The van der Waals surface area contributed by atoms with Crippen LogP contribution < -0.4 is 9.75 Å². The van der Waals surface area contributed by atoms with E-state index in [4.69, 9.17) is 9.47 Å². The molecule has 1 aromatic carbocycles. The molecule has 0 bridgehead atoms. The van der Waals surface area contributed by atoms with Crippen molar-refractivity contribution in [3.63, 3.8) is 0 Å². The average Bonchev–Trinajstić information content (AvgIpc) is 3.17. The van der Waals surface area contributed by atoms with Crippen LogP contribution in [-0.4, -0.2) is 36.3 Å². The number of esters is 1. The zero-order chi connectivity index (χ0) is 20.4. The third-order valence-corrected chi connectivity index (χ3v) is 5.33. The molecule has 8 heteroatoms. The molecule has 1 aliphatic rings. The van der Waals surface area contributed by atoms with Crippen molar-refractivity contribution in [3.05, 3.63) is 45.5 Å². The van der Waals surface area contributed by atoms with Gasteiger partial charge in [0.25, 0.3) is 5.91 Å². The number of hydrazone groups is 1. The number of aromatic nitrogens is 1. The Kier molecular flexibility index (Phi) is 5.60. The van der Waals surface area contributed by atoms with E-state index in [9.17, 15) is 9.59 Å². The summed E-state index contributed by atoms with van der Waals surface area (Å²) in [6.45, 7) is 7.44. The molecule has 1 aromatic heterocycles. The van der Waals surface area contributed by atoms with Crippen molar-refractivity contribution in [1.29, 1.82) is 0 Å². The number of methoxy groups -OCH3 is 1. The molecule has 0 saturated carbocycles. The van der Waals surface area contributed by atoms with Gasteiger partial charge in [0.2, 0.25) is 5.13 Å². The lowest BCUT2D eigenvalue weighted by atomic mass is 10.1. The summed E-state index contributed by atoms with van der Waals surface area (Å²) in [7, 11) is 1.62. The minimum Gasteiger partial charge on any atom is -0.496 e. The summed E-state index contributed by atoms with van der Waals surface area (Å²) in [4.78, 5) is 29.6. The Balaban J connectivity index is 1.90. The van der Waals surface area contributed by atoms with E-state index in [1.54, 1.807) is 34.0 Å². The number of hydrogen-bond donors (Lipinski definition) is 0. The second-order valence-electron chi connectivity index (χ2n) is 6.22. The highest BCUT2D eigenvalue weighted by atomic mass is 32.1. The summed E-state index contributed by atoms with van der Waals surface area (Å²) in [6.07, 6.45) is 1.79. The molecule has 28 heavy (non-hydrogen) atoms. The molecule has 0 saturated heterocycles. The molecule has 1 aliphatic heterocycles. The van der Waals surface area contributed by atoms with Crippen LogP contribution in [0.25, 0.3) is 6.08 Å². The molecule has 0 spiro atoms. The summed E-state index contributed by atoms with van der Waals surface area (Å²) in [5.41, 5.74) is 3.44. The number of nitrogens with zero attached hydrogens (tertiary/aromatic N) is 3. The number of anilines is 1. The maximum Gasteiger partial charge on any atom is 0.350 e. The van der Waals surface area contributed by atoms with Gasteiger partial charge in [-0.15, -0.1) is 0 Å². The third-order valence-electron chi connectivity index (χ3n) is 4.22. The number of benzene rings is 1. The number of hydrogen-bond acceptors (Lipinski definition) is 7. The lowest BCUT2D eigenvalue weighted by molar-refractivity contribution is -0.114. The molecule has 2 heterocycles. The monoisotopic (exact) mass is 399 g/mol. The predicted octanol–water partition coefficient (Wildman–Crippen LogP) is 3.75. The van der Waals surface area contributed by atoms with Gasteiger partial charge in [-0.1, -0.05) is 17.4 Å². The Labute approximate surface area is 167 Å². The highest BCUT2D eigenvalue weighted by Gasteiger charge is 2.32. The van der Waals surface area contributed by atoms with Crippen molar-refractivity contribution >= 4 is 40.1 Å². The molecule has 3 rings (SSSR count). The van der Waals surface area contributed by atoms with Gasteiger partial charge in [0, 0.05) is 0 Å². The number of aryl methyl sites for hydroxylation is 2. The van der Waals surface area contributed by atoms with Crippen molar-refractivity contribution in [1.82, 2.24) is 4.98 Å². The van der Waals surface area contributed by atoms with Gasteiger partial charge in [0.05, 0.1) is 30.7 Å². The van der Waals surface area contributed by atoms with Crippen LogP contribution in [0.4, 0.5) is 5.13 Å². The molecule has 1 amide bonds. The molecule has 0 atom stereocenters. The van der Waals surface area contributed by atoms with Gasteiger partial charge in [-0.3, -0.25) is 4.79 Å². The van der Waals surface area contributed by atoms with Crippen molar-refractivity contribution in [2.45, 2.75) is 27.7 Å². The van der Waals surface area contributed by atoms with E-state index in [1.165, 1.54) is 5.01 Å². The Morgan fingerprint density at radius 3 is 2.68 bits per heavy atom. The fraction of sp³-hybridized carbons (Fsp3) is 0.300. The first kappa shape index (κ1) is 19.8. The lowest BCUT2D eigenvalue weighted by Crippen LogP contribution is -2.21. The highest BCUT2D eigenvalue weighted by Crippen LogP contribution is 2.31. The van der Waals surface area contributed by atoms with Gasteiger partial charge in [-0.25, -0.2) is 9.78 Å². The van der Waals surface area contributed by atoms with Gasteiger partial charge in [-0.05, 0) is 57.0 Å². The first-order valence-corrected chi connectivity index (χ1v) is 9.58. The Morgan fingerprint density at radius 2 is 2.04 bits per heavy atom. The zero-order valence-electron chi connectivity index (χ0n) is 16.4. The molecular formula is C20H21N3O4S. The Bertz CT molecular complexity index is 1010. The fourth-order valence-electron chi connectivity index (χ4n) is 2.83. The minimum atomic E-state index is -0.444. The summed E-state index contributed by atoms with van der Waals surface area (Å²) >= 11 is 1.09. The third kappa shape index (κ3) is 3.68. The molecule has 146 valence electrons. The summed E-state index contributed by atoms with van der Waals surface area (Å²) < 4.78 is 10.3. The van der Waals surface area contributed by atoms with Gasteiger partial charge in [0.1, 0.15) is 10.6 Å². The molecule has 0 unspecified atom stereocenters. The second kappa shape index (κ2) is 7.93. The first-order chi connectivity index (χ1) is 13.3. The standard InChI is InChI=1S/C20H21N3O4S/c1-6-27-19(25)17-13(4)21-20(28-17)23-18(24)15(12(3)22-23)10-14-7-8-16(26-5)11(2)9-14/h7-10H,6H2,1-5H3/b15-10+. The number of carbonyl (C=O) groups is 2. The van der Waals surface area contributed by atoms with E-state index in [1.807, 2.05) is 25.1 Å². The van der Waals surface area contributed by atoms with Gasteiger partial charge in [-0.2, -0.15) is 10.1 Å². The first-order valence-electron chi connectivity index (χ1n) is 8.76. The molecule has 7 nitrogen and oxygen atoms in total. The summed E-state index contributed by atoms with van der Waals surface area (Å²) in [6, 6.07) is 5.69. The Hall–Kier alpha value is -3.00. The van der Waals surface area contributed by atoms with Gasteiger partial charge < -0.3 is 9.47 Å². The van der Waals surface area contributed by atoms with E-state index in [2.05, 4.69) is 10.1 Å². The summed E-state index contributed by atoms with van der Waals surface area (Å²) in [5.74, 6) is 0.0624. The number of ether oxygens (including phenoxy) is 2. The SMILES string of the molecule is CCOC(=O)c1sc(N2N=C(C)/C(=C\c3ccc(OC)c(C)c3)C2=O)nc1C. The van der Waals surface area contributed by atoms with E-state index < -0.39 is 5.97 Å². The fourth-order valence-corrected chi connectivity index (χ4v) is 3.74. The molecule has 2 aromatic rings. The smallest absolute Gasteiger partial charge is 0.350 e. The average molecular weight is 399 g/mol. The van der Waals surface area contributed by atoms with Crippen LogP contribution >= 0.6 is 11.3 Å². The minimum absolute atomic E-state index is 0.277. The maximum atomic E-state index is 12.9. The van der Waals surface area contributed by atoms with Crippen LogP contribution in [0.1, 0.15) is 40.3 Å². The second-order valence-corrected chi connectivity index (χ2v) is 7.20. The van der Waals surface area contributed by atoms with Crippen LogP contribution in [0.15, 0.2) is 28.9 Å². The lowest BCUT2D eigenvalue weighted by Gasteiger charge is -2.07. The normalized spacial score (nSPS) is 15.2. The molecule has 0 radical (unpaired) electrons. The van der Waals surface area contributed by atoms with Crippen molar-refractivity contribution in [2.75, 3.05) is 18.7 Å². The van der Waals surface area contributed by atoms with Crippen LogP contribution in [-0.2, 0) is 9.53 Å². The highest BCUT2D eigenvalue weighted by molar-refractivity contribution is 7.17. The van der Waals surface area contributed by atoms with E-state index in [0.29, 0.717) is 27.0 Å². The molecule has 0 fully saturated rings. The predicted molar refractivity (Wildman–Crippen MR) is 109 cm³/mol. The zero-order valence-corrected chi connectivity index (χ0v) is 17.2. The van der Waals surface area contributed by atoms with E-state index >= 15 is 0 Å². The summed E-state index contributed by atoms with van der Waals surface area (Å²) in [5, 5.41) is 5.92. The topological polar surface area (TPSA) is 81.1 Å². The van der Waals surface area contributed by atoms with Crippen LogP contribution in [0.2, 0.25) is 0 Å². The van der Waals surface area contributed by atoms with Crippen molar-refractivity contribution in [3.8, 4) is 5.75 Å². The van der Waals surface area contributed by atoms with Crippen LogP contribution in [0, 0.1) is 13.8 Å². The van der Waals surface area contributed by atoms with E-state index in [0.717, 1.165) is 28.2 Å². The number of thiazole rings is 1. The number of amides is 1. The largest absolute Gasteiger partial charge is 0.496 e. The number of carbonyl (C=O) groups excluding carboxylic acids is 2. The molecule has 0 N–H and O–H groups in total.